The third kappa shape index (κ3) is 3.83. The van der Waals surface area contributed by atoms with Crippen molar-refractivity contribution in [1.82, 2.24) is 20.9 Å². The summed E-state index contributed by atoms with van der Waals surface area (Å²) in [7, 11) is 0. The Morgan fingerprint density at radius 1 is 1.20 bits per heavy atom. The van der Waals surface area contributed by atoms with Crippen LogP contribution in [0, 0.1) is 5.41 Å². The van der Waals surface area contributed by atoms with Crippen LogP contribution in [0.2, 0.25) is 0 Å². The molecular weight excluding hydrogens is 260 g/mol. The zero-order valence-electron chi connectivity index (χ0n) is 11.8. The van der Waals surface area contributed by atoms with E-state index in [9.17, 15) is 9.59 Å². The largest absolute Gasteiger partial charge is 0.481 e. The first-order valence-electron chi connectivity index (χ1n) is 7.31. The van der Waals surface area contributed by atoms with E-state index in [2.05, 4.69) is 20.9 Å². The van der Waals surface area contributed by atoms with E-state index in [1.165, 1.54) is 0 Å². The standard InChI is InChI=1S/C13H24N4O3/c18-11(19)13(2-1-3-13)10-16-12(20)15-6-9-17-7-4-14-5-8-17/h14H,1-10H2,(H,18,19)(H2,15,16,20). The van der Waals surface area contributed by atoms with Crippen molar-refractivity contribution < 1.29 is 14.7 Å². The maximum absolute atomic E-state index is 11.6. The number of carboxylic acid groups (broad SMARTS) is 1. The Kier molecular flexibility index (Phi) is 5.19. The Labute approximate surface area is 119 Å². The molecule has 7 nitrogen and oxygen atoms in total. The lowest BCUT2D eigenvalue weighted by molar-refractivity contribution is -0.153. The first-order chi connectivity index (χ1) is 9.62. The highest BCUT2D eigenvalue weighted by Gasteiger charge is 2.44. The molecular formula is C13H24N4O3. The number of rotatable bonds is 6. The molecule has 0 radical (unpaired) electrons. The fourth-order valence-corrected chi connectivity index (χ4v) is 2.64. The molecule has 0 aromatic carbocycles. The number of nitrogens with one attached hydrogen (secondary N) is 3. The number of aliphatic carboxylic acids is 1. The van der Waals surface area contributed by atoms with Crippen LogP contribution >= 0.6 is 0 Å². The average molecular weight is 284 g/mol. The summed E-state index contributed by atoms with van der Waals surface area (Å²) >= 11 is 0. The molecule has 2 fully saturated rings. The van der Waals surface area contributed by atoms with Crippen LogP contribution in [0.3, 0.4) is 0 Å². The molecule has 0 unspecified atom stereocenters. The summed E-state index contributed by atoms with van der Waals surface area (Å²) in [5.74, 6) is -0.801. The second kappa shape index (κ2) is 6.90. The lowest BCUT2D eigenvalue weighted by atomic mass is 9.69. The summed E-state index contributed by atoms with van der Waals surface area (Å²) in [5, 5.41) is 17.9. The number of amides is 2. The summed E-state index contributed by atoms with van der Waals surface area (Å²) in [4.78, 5) is 25.1. The van der Waals surface area contributed by atoms with Crippen LogP contribution in [0.4, 0.5) is 4.79 Å². The zero-order chi connectivity index (χ0) is 14.4. The normalized spacial score (nSPS) is 21.8. The molecule has 2 rings (SSSR count). The predicted molar refractivity (Wildman–Crippen MR) is 74.6 cm³/mol. The van der Waals surface area contributed by atoms with Crippen LogP contribution in [-0.4, -0.2) is 67.8 Å². The molecule has 20 heavy (non-hydrogen) atoms. The minimum absolute atomic E-state index is 0.224. The number of carboxylic acids is 1. The molecule has 2 aliphatic rings. The molecule has 1 aliphatic carbocycles. The predicted octanol–water partition coefficient (Wildman–Crippen LogP) is -0.554. The maximum atomic E-state index is 11.6. The third-order valence-electron chi connectivity index (χ3n) is 4.27. The second-order valence-corrected chi connectivity index (χ2v) is 5.64. The smallest absolute Gasteiger partial charge is 0.314 e. The van der Waals surface area contributed by atoms with Crippen molar-refractivity contribution in [2.75, 3.05) is 45.8 Å². The summed E-state index contributed by atoms with van der Waals surface area (Å²) in [6.45, 7) is 5.64. The van der Waals surface area contributed by atoms with E-state index in [1.807, 2.05) is 0 Å². The lowest BCUT2D eigenvalue weighted by Gasteiger charge is -2.37. The number of urea groups is 1. The van der Waals surface area contributed by atoms with Crippen LogP contribution in [0.5, 0.6) is 0 Å². The Hall–Kier alpha value is -1.34. The van der Waals surface area contributed by atoms with Gasteiger partial charge in [0.05, 0.1) is 5.41 Å². The van der Waals surface area contributed by atoms with Crippen molar-refractivity contribution in [3.05, 3.63) is 0 Å². The molecule has 1 saturated carbocycles. The molecule has 0 spiro atoms. The quantitative estimate of drug-likeness (QED) is 0.525. The van der Waals surface area contributed by atoms with Gasteiger partial charge >= 0.3 is 12.0 Å². The van der Waals surface area contributed by atoms with Crippen molar-refractivity contribution in [2.45, 2.75) is 19.3 Å². The third-order valence-corrected chi connectivity index (χ3v) is 4.27. The number of nitrogens with zero attached hydrogens (tertiary/aromatic N) is 1. The Morgan fingerprint density at radius 3 is 2.45 bits per heavy atom. The van der Waals surface area contributed by atoms with Crippen LogP contribution in [0.1, 0.15) is 19.3 Å². The minimum Gasteiger partial charge on any atom is -0.481 e. The Bertz CT molecular complexity index is 352. The molecule has 0 aromatic heterocycles. The fourth-order valence-electron chi connectivity index (χ4n) is 2.64. The SMILES string of the molecule is O=C(NCCN1CCNCC1)NCC1(C(=O)O)CCC1. The molecule has 0 atom stereocenters. The average Bonchev–Trinajstić information content (AvgIpc) is 2.38. The molecule has 1 aliphatic heterocycles. The van der Waals surface area contributed by atoms with E-state index in [0.717, 1.165) is 39.1 Å². The maximum Gasteiger partial charge on any atom is 0.314 e. The molecule has 0 aromatic rings. The highest BCUT2D eigenvalue weighted by Crippen LogP contribution is 2.40. The molecule has 2 amide bonds. The van der Waals surface area contributed by atoms with E-state index in [-0.39, 0.29) is 12.6 Å². The van der Waals surface area contributed by atoms with E-state index >= 15 is 0 Å². The molecule has 114 valence electrons. The Balaban J connectivity index is 1.59. The van der Waals surface area contributed by atoms with Crippen molar-refractivity contribution in [3.63, 3.8) is 0 Å². The van der Waals surface area contributed by atoms with Crippen molar-refractivity contribution in [3.8, 4) is 0 Å². The number of carbonyl (C=O) groups excluding carboxylic acids is 1. The highest BCUT2D eigenvalue weighted by atomic mass is 16.4. The fraction of sp³-hybridized carbons (Fsp3) is 0.846. The van der Waals surface area contributed by atoms with Gasteiger partial charge in [-0.15, -0.1) is 0 Å². The van der Waals surface area contributed by atoms with Gasteiger partial charge in [-0.05, 0) is 12.8 Å². The van der Waals surface area contributed by atoms with Crippen molar-refractivity contribution in [1.29, 1.82) is 0 Å². The minimum atomic E-state index is -0.801. The van der Waals surface area contributed by atoms with Gasteiger partial charge in [-0.3, -0.25) is 9.69 Å². The highest BCUT2D eigenvalue weighted by molar-refractivity contribution is 5.78. The summed E-state index contributed by atoms with van der Waals surface area (Å²) in [6, 6.07) is -0.271. The van der Waals surface area contributed by atoms with Crippen LogP contribution in [0.15, 0.2) is 0 Å². The Morgan fingerprint density at radius 2 is 1.90 bits per heavy atom. The lowest BCUT2D eigenvalue weighted by Crippen LogP contribution is -2.51. The van der Waals surface area contributed by atoms with Gasteiger partial charge in [0.25, 0.3) is 0 Å². The first-order valence-corrected chi connectivity index (χ1v) is 7.31. The molecule has 4 N–H and O–H groups in total. The van der Waals surface area contributed by atoms with Gasteiger partial charge in [0.2, 0.25) is 0 Å². The van der Waals surface area contributed by atoms with Crippen LogP contribution in [-0.2, 0) is 4.79 Å². The van der Waals surface area contributed by atoms with E-state index in [4.69, 9.17) is 5.11 Å². The molecule has 0 bridgehead atoms. The van der Waals surface area contributed by atoms with Gasteiger partial charge in [0, 0.05) is 45.8 Å². The van der Waals surface area contributed by atoms with Gasteiger partial charge in [-0.2, -0.15) is 0 Å². The van der Waals surface area contributed by atoms with E-state index < -0.39 is 11.4 Å². The van der Waals surface area contributed by atoms with Gasteiger partial charge in [0.15, 0.2) is 0 Å². The van der Waals surface area contributed by atoms with Crippen LogP contribution < -0.4 is 16.0 Å². The van der Waals surface area contributed by atoms with Crippen LogP contribution in [0.25, 0.3) is 0 Å². The summed E-state index contributed by atoms with van der Waals surface area (Å²) in [5.41, 5.74) is -0.726. The monoisotopic (exact) mass is 284 g/mol. The van der Waals surface area contributed by atoms with Gasteiger partial charge < -0.3 is 21.1 Å². The molecule has 7 heteroatoms. The number of hydrogen-bond donors (Lipinski definition) is 4. The molecule has 1 saturated heterocycles. The van der Waals surface area contributed by atoms with Gasteiger partial charge in [0.1, 0.15) is 0 Å². The summed E-state index contributed by atoms with van der Waals surface area (Å²) < 4.78 is 0. The summed E-state index contributed by atoms with van der Waals surface area (Å²) in [6.07, 6.45) is 2.24. The number of hydrogen-bond acceptors (Lipinski definition) is 4. The van der Waals surface area contributed by atoms with Crippen molar-refractivity contribution >= 4 is 12.0 Å². The number of carbonyl (C=O) groups is 2. The first kappa shape index (κ1) is 15.1. The molecule has 1 heterocycles. The van der Waals surface area contributed by atoms with Gasteiger partial charge in [-0.1, -0.05) is 6.42 Å². The zero-order valence-corrected chi connectivity index (χ0v) is 11.8. The van der Waals surface area contributed by atoms with Gasteiger partial charge in [-0.25, -0.2) is 4.79 Å². The number of piperazine rings is 1. The second-order valence-electron chi connectivity index (χ2n) is 5.64. The van der Waals surface area contributed by atoms with Crippen molar-refractivity contribution in [2.24, 2.45) is 5.41 Å². The van der Waals surface area contributed by atoms with E-state index in [1.54, 1.807) is 0 Å². The van der Waals surface area contributed by atoms with E-state index in [0.29, 0.717) is 19.4 Å². The topological polar surface area (TPSA) is 93.7 Å².